The summed E-state index contributed by atoms with van der Waals surface area (Å²) in [5.41, 5.74) is -0.173. The standard InChI is InChI=1S/C12H15N5O3/c1-7-6-8(15-14-7)10(18)13-9-4-5-17(16-9)12(2,3)11(19)20/h4-6H,1-3H3,(H,14,15)(H,19,20)(H,13,16,18). The quantitative estimate of drug-likeness (QED) is 0.771. The lowest BCUT2D eigenvalue weighted by atomic mass is 10.1. The molecule has 0 spiro atoms. The number of anilines is 1. The normalized spacial score (nSPS) is 11.3. The van der Waals surface area contributed by atoms with E-state index in [-0.39, 0.29) is 11.5 Å². The zero-order valence-corrected chi connectivity index (χ0v) is 11.3. The number of aromatic nitrogens is 4. The molecule has 2 heterocycles. The molecule has 2 aromatic rings. The Morgan fingerprint density at radius 1 is 1.45 bits per heavy atom. The van der Waals surface area contributed by atoms with Gasteiger partial charge in [-0.25, -0.2) is 4.79 Å². The van der Waals surface area contributed by atoms with Crippen molar-refractivity contribution in [1.29, 1.82) is 0 Å². The molecule has 0 unspecified atom stereocenters. The van der Waals surface area contributed by atoms with E-state index in [9.17, 15) is 9.59 Å². The van der Waals surface area contributed by atoms with Crippen molar-refractivity contribution in [2.45, 2.75) is 26.3 Å². The van der Waals surface area contributed by atoms with Crippen molar-refractivity contribution in [2.75, 3.05) is 5.32 Å². The van der Waals surface area contributed by atoms with Crippen LogP contribution in [-0.2, 0) is 10.3 Å². The first-order valence-corrected chi connectivity index (χ1v) is 5.93. The highest BCUT2D eigenvalue weighted by Gasteiger charge is 2.30. The predicted octanol–water partition coefficient (Wildman–Crippen LogP) is 0.987. The van der Waals surface area contributed by atoms with Gasteiger partial charge in [0.15, 0.2) is 17.1 Å². The van der Waals surface area contributed by atoms with Crippen LogP contribution in [0.1, 0.15) is 30.0 Å². The van der Waals surface area contributed by atoms with Gasteiger partial charge in [-0.1, -0.05) is 0 Å². The summed E-state index contributed by atoms with van der Waals surface area (Å²) in [6.45, 7) is 4.82. The second-order valence-corrected chi connectivity index (χ2v) is 4.90. The van der Waals surface area contributed by atoms with Crippen molar-refractivity contribution < 1.29 is 14.7 Å². The number of rotatable bonds is 4. The van der Waals surface area contributed by atoms with Crippen LogP contribution in [0.2, 0.25) is 0 Å². The number of aromatic amines is 1. The summed E-state index contributed by atoms with van der Waals surface area (Å²) in [6.07, 6.45) is 1.50. The largest absolute Gasteiger partial charge is 0.479 e. The van der Waals surface area contributed by atoms with Gasteiger partial charge in [0, 0.05) is 18.0 Å². The average molecular weight is 277 g/mol. The first kappa shape index (κ1) is 13.8. The lowest BCUT2D eigenvalue weighted by Crippen LogP contribution is -2.36. The molecule has 0 radical (unpaired) electrons. The smallest absolute Gasteiger partial charge is 0.331 e. The Morgan fingerprint density at radius 3 is 2.70 bits per heavy atom. The maximum absolute atomic E-state index is 11.9. The van der Waals surface area contributed by atoms with Gasteiger partial charge in [0.1, 0.15) is 0 Å². The Hall–Kier alpha value is -2.64. The Bertz CT molecular complexity index is 656. The highest BCUT2D eigenvalue weighted by atomic mass is 16.4. The van der Waals surface area contributed by atoms with Crippen LogP contribution in [0.5, 0.6) is 0 Å². The molecule has 1 amide bonds. The van der Waals surface area contributed by atoms with Gasteiger partial charge in [0.2, 0.25) is 0 Å². The van der Waals surface area contributed by atoms with Crippen molar-refractivity contribution >= 4 is 17.7 Å². The monoisotopic (exact) mass is 277 g/mol. The van der Waals surface area contributed by atoms with Crippen LogP contribution in [0.15, 0.2) is 18.3 Å². The Labute approximate surface area is 114 Å². The molecule has 8 nitrogen and oxygen atoms in total. The molecule has 0 bridgehead atoms. The summed E-state index contributed by atoms with van der Waals surface area (Å²) >= 11 is 0. The van der Waals surface area contributed by atoms with E-state index in [0.717, 1.165) is 5.69 Å². The van der Waals surface area contributed by atoms with Gasteiger partial charge in [-0.05, 0) is 26.8 Å². The van der Waals surface area contributed by atoms with Gasteiger partial charge < -0.3 is 10.4 Å². The number of hydrogen-bond donors (Lipinski definition) is 3. The van der Waals surface area contributed by atoms with E-state index < -0.39 is 17.4 Å². The third kappa shape index (κ3) is 2.53. The fourth-order valence-electron chi connectivity index (χ4n) is 1.51. The maximum Gasteiger partial charge on any atom is 0.331 e. The SMILES string of the molecule is Cc1cc(C(=O)Nc2ccn(C(C)(C)C(=O)O)n2)n[nH]1. The number of carbonyl (C=O) groups excluding carboxylic acids is 1. The highest BCUT2D eigenvalue weighted by molar-refractivity contribution is 6.02. The fraction of sp³-hybridized carbons (Fsp3) is 0.333. The maximum atomic E-state index is 11.9. The molecule has 0 saturated carbocycles. The topological polar surface area (TPSA) is 113 Å². The van der Waals surface area contributed by atoms with Gasteiger partial charge in [-0.3, -0.25) is 14.6 Å². The molecule has 0 atom stereocenters. The molecule has 0 saturated heterocycles. The summed E-state index contributed by atoms with van der Waals surface area (Å²) in [5, 5.41) is 22.2. The van der Waals surface area contributed by atoms with Crippen molar-refractivity contribution in [2.24, 2.45) is 0 Å². The van der Waals surface area contributed by atoms with E-state index in [1.165, 1.54) is 30.8 Å². The number of nitrogens with one attached hydrogen (secondary N) is 2. The average Bonchev–Trinajstić information content (AvgIpc) is 2.98. The summed E-state index contributed by atoms with van der Waals surface area (Å²) in [4.78, 5) is 23.0. The van der Waals surface area contributed by atoms with Crippen LogP contribution >= 0.6 is 0 Å². The molecule has 8 heteroatoms. The number of carbonyl (C=O) groups is 2. The molecule has 0 aliphatic rings. The van der Waals surface area contributed by atoms with Crippen LogP contribution in [0, 0.1) is 6.92 Å². The molecule has 2 aromatic heterocycles. The third-order valence-corrected chi connectivity index (χ3v) is 2.87. The van der Waals surface area contributed by atoms with Crippen LogP contribution in [0.3, 0.4) is 0 Å². The Kier molecular flexibility index (Phi) is 3.31. The summed E-state index contributed by atoms with van der Waals surface area (Å²) in [7, 11) is 0. The molecule has 106 valence electrons. The Morgan fingerprint density at radius 2 is 2.15 bits per heavy atom. The molecule has 3 N–H and O–H groups in total. The number of carboxylic acid groups (broad SMARTS) is 1. The number of amides is 1. The lowest BCUT2D eigenvalue weighted by Gasteiger charge is -2.19. The molecule has 0 aliphatic carbocycles. The highest BCUT2D eigenvalue weighted by Crippen LogP contribution is 2.16. The first-order valence-electron chi connectivity index (χ1n) is 5.93. The van der Waals surface area contributed by atoms with E-state index in [0.29, 0.717) is 0 Å². The van der Waals surface area contributed by atoms with Gasteiger partial charge in [0.05, 0.1) is 0 Å². The zero-order valence-electron chi connectivity index (χ0n) is 11.3. The number of carboxylic acids is 1. The van der Waals surface area contributed by atoms with E-state index in [1.54, 1.807) is 13.0 Å². The van der Waals surface area contributed by atoms with Crippen LogP contribution in [0.4, 0.5) is 5.82 Å². The second kappa shape index (κ2) is 4.80. The van der Waals surface area contributed by atoms with Crippen molar-refractivity contribution in [1.82, 2.24) is 20.0 Å². The van der Waals surface area contributed by atoms with Crippen molar-refractivity contribution in [3.05, 3.63) is 29.7 Å². The van der Waals surface area contributed by atoms with Crippen LogP contribution in [-0.4, -0.2) is 37.0 Å². The minimum atomic E-state index is -1.19. The number of aliphatic carboxylic acids is 1. The van der Waals surface area contributed by atoms with E-state index >= 15 is 0 Å². The van der Waals surface area contributed by atoms with Gasteiger partial charge in [0.25, 0.3) is 5.91 Å². The molecule has 2 rings (SSSR count). The van der Waals surface area contributed by atoms with E-state index in [2.05, 4.69) is 20.6 Å². The lowest BCUT2D eigenvalue weighted by molar-refractivity contribution is -0.146. The molecule has 20 heavy (non-hydrogen) atoms. The van der Waals surface area contributed by atoms with Crippen LogP contribution < -0.4 is 5.32 Å². The summed E-state index contributed by atoms with van der Waals surface area (Å²) in [5.74, 6) is -1.15. The number of nitrogens with zero attached hydrogens (tertiary/aromatic N) is 3. The molecule has 0 aliphatic heterocycles. The zero-order chi connectivity index (χ0) is 14.9. The van der Waals surface area contributed by atoms with Gasteiger partial charge in [-0.15, -0.1) is 0 Å². The minimum absolute atomic E-state index is 0.245. The van der Waals surface area contributed by atoms with Gasteiger partial charge in [-0.2, -0.15) is 10.2 Å². The molecular weight excluding hydrogens is 262 g/mol. The third-order valence-electron chi connectivity index (χ3n) is 2.87. The number of aryl methyl sites for hydroxylation is 1. The number of hydrogen-bond acceptors (Lipinski definition) is 4. The van der Waals surface area contributed by atoms with Crippen LogP contribution in [0.25, 0.3) is 0 Å². The molecular formula is C12H15N5O3. The van der Waals surface area contributed by atoms with E-state index in [1.807, 2.05) is 0 Å². The van der Waals surface area contributed by atoms with Crippen molar-refractivity contribution in [3.63, 3.8) is 0 Å². The van der Waals surface area contributed by atoms with Gasteiger partial charge >= 0.3 is 5.97 Å². The minimum Gasteiger partial charge on any atom is -0.479 e. The summed E-state index contributed by atoms with van der Waals surface area (Å²) < 4.78 is 1.28. The number of H-pyrrole nitrogens is 1. The molecule has 0 aromatic carbocycles. The first-order chi connectivity index (χ1) is 9.30. The van der Waals surface area contributed by atoms with Crippen molar-refractivity contribution in [3.8, 4) is 0 Å². The summed E-state index contributed by atoms with van der Waals surface area (Å²) in [6, 6.07) is 3.13. The molecule has 0 fully saturated rings. The van der Waals surface area contributed by atoms with E-state index in [4.69, 9.17) is 5.11 Å². The second-order valence-electron chi connectivity index (χ2n) is 4.90. The fourth-order valence-corrected chi connectivity index (χ4v) is 1.51. The Balaban J connectivity index is 2.14. The predicted molar refractivity (Wildman–Crippen MR) is 70.5 cm³/mol.